The van der Waals surface area contributed by atoms with Crippen molar-refractivity contribution in [2.45, 2.75) is 19.5 Å². The van der Waals surface area contributed by atoms with Crippen molar-refractivity contribution < 1.29 is 4.39 Å². The summed E-state index contributed by atoms with van der Waals surface area (Å²) in [5.41, 5.74) is 6.24. The molecule has 0 aliphatic rings. The molecule has 0 fully saturated rings. The standard InChI is InChI=1S/C9H14FN3/c1-7(4-11)12-6-9-3-2-8(10)5-13-9/h2-3,5,7,12H,4,6,11H2,1H3/t7-/m0/s1. The number of nitrogens with two attached hydrogens (primary N) is 1. The molecule has 1 atom stereocenters. The molecular weight excluding hydrogens is 169 g/mol. The molecule has 3 N–H and O–H groups in total. The Labute approximate surface area is 77.2 Å². The summed E-state index contributed by atoms with van der Waals surface area (Å²) in [7, 11) is 0. The molecule has 0 radical (unpaired) electrons. The van der Waals surface area contributed by atoms with Crippen LogP contribution in [0.5, 0.6) is 0 Å². The zero-order valence-electron chi connectivity index (χ0n) is 7.63. The van der Waals surface area contributed by atoms with Gasteiger partial charge in [0, 0.05) is 19.1 Å². The van der Waals surface area contributed by atoms with E-state index in [0.29, 0.717) is 13.1 Å². The van der Waals surface area contributed by atoms with E-state index in [1.54, 1.807) is 6.07 Å². The summed E-state index contributed by atoms with van der Waals surface area (Å²) in [6.45, 7) is 3.20. The van der Waals surface area contributed by atoms with Crippen molar-refractivity contribution in [2.75, 3.05) is 6.54 Å². The van der Waals surface area contributed by atoms with Gasteiger partial charge in [0.2, 0.25) is 0 Å². The average molecular weight is 183 g/mol. The van der Waals surface area contributed by atoms with Crippen molar-refractivity contribution in [3.05, 3.63) is 29.8 Å². The van der Waals surface area contributed by atoms with Gasteiger partial charge in [0.15, 0.2) is 0 Å². The highest BCUT2D eigenvalue weighted by Crippen LogP contribution is 1.97. The van der Waals surface area contributed by atoms with Gasteiger partial charge in [-0.15, -0.1) is 0 Å². The monoisotopic (exact) mass is 183 g/mol. The minimum atomic E-state index is -0.310. The van der Waals surface area contributed by atoms with E-state index in [2.05, 4.69) is 10.3 Å². The third-order valence-electron chi connectivity index (χ3n) is 1.77. The van der Waals surface area contributed by atoms with Crippen LogP contribution in [0.15, 0.2) is 18.3 Å². The molecule has 0 unspecified atom stereocenters. The summed E-state index contributed by atoms with van der Waals surface area (Å²) in [6.07, 6.45) is 1.21. The van der Waals surface area contributed by atoms with Crippen molar-refractivity contribution in [1.29, 1.82) is 0 Å². The second-order valence-corrected chi connectivity index (χ2v) is 2.99. The van der Waals surface area contributed by atoms with Gasteiger partial charge in [-0.1, -0.05) is 0 Å². The highest BCUT2D eigenvalue weighted by molar-refractivity contribution is 5.04. The molecule has 13 heavy (non-hydrogen) atoms. The predicted octanol–water partition coefficient (Wildman–Crippen LogP) is 0.657. The predicted molar refractivity (Wildman–Crippen MR) is 49.6 cm³/mol. The SMILES string of the molecule is C[C@@H](CN)NCc1ccc(F)cn1. The lowest BCUT2D eigenvalue weighted by Crippen LogP contribution is -2.32. The van der Waals surface area contributed by atoms with E-state index in [1.165, 1.54) is 12.3 Å². The second kappa shape index (κ2) is 4.89. The maximum Gasteiger partial charge on any atom is 0.141 e. The van der Waals surface area contributed by atoms with E-state index in [9.17, 15) is 4.39 Å². The number of hydrogen-bond donors (Lipinski definition) is 2. The van der Waals surface area contributed by atoms with Crippen molar-refractivity contribution in [3.8, 4) is 0 Å². The molecule has 0 aliphatic carbocycles. The summed E-state index contributed by atoms with van der Waals surface area (Å²) >= 11 is 0. The fourth-order valence-corrected chi connectivity index (χ4v) is 0.873. The first-order valence-electron chi connectivity index (χ1n) is 4.26. The fraction of sp³-hybridized carbons (Fsp3) is 0.444. The zero-order valence-corrected chi connectivity index (χ0v) is 7.63. The molecule has 1 rings (SSSR count). The highest BCUT2D eigenvalue weighted by Gasteiger charge is 1.99. The normalized spacial score (nSPS) is 12.8. The lowest BCUT2D eigenvalue weighted by molar-refractivity contribution is 0.548. The third kappa shape index (κ3) is 3.48. The smallest absolute Gasteiger partial charge is 0.141 e. The molecule has 0 saturated carbocycles. The number of hydrogen-bond acceptors (Lipinski definition) is 3. The Balaban J connectivity index is 2.41. The van der Waals surface area contributed by atoms with Crippen LogP contribution in [-0.4, -0.2) is 17.6 Å². The number of nitrogens with one attached hydrogen (secondary N) is 1. The molecule has 72 valence electrons. The quantitative estimate of drug-likeness (QED) is 0.721. The molecule has 0 aliphatic heterocycles. The van der Waals surface area contributed by atoms with Crippen LogP contribution in [0, 0.1) is 5.82 Å². The van der Waals surface area contributed by atoms with Gasteiger partial charge in [-0.05, 0) is 19.1 Å². The maximum atomic E-state index is 12.4. The van der Waals surface area contributed by atoms with Crippen LogP contribution in [0.2, 0.25) is 0 Å². The first-order valence-corrected chi connectivity index (χ1v) is 4.26. The van der Waals surface area contributed by atoms with Crippen molar-refractivity contribution >= 4 is 0 Å². The number of nitrogens with zero attached hydrogens (tertiary/aromatic N) is 1. The van der Waals surface area contributed by atoms with Gasteiger partial charge in [-0.25, -0.2) is 4.39 Å². The van der Waals surface area contributed by atoms with E-state index in [-0.39, 0.29) is 11.9 Å². The lowest BCUT2D eigenvalue weighted by Gasteiger charge is -2.09. The van der Waals surface area contributed by atoms with Crippen LogP contribution >= 0.6 is 0 Å². The Kier molecular flexibility index (Phi) is 3.79. The molecule has 1 aromatic rings. The molecule has 0 bridgehead atoms. The van der Waals surface area contributed by atoms with Crippen LogP contribution < -0.4 is 11.1 Å². The molecule has 0 spiro atoms. The van der Waals surface area contributed by atoms with Crippen LogP contribution in [0.25, 0.3) is 0 Å². The maximum absolute atomic E-state index is 12.4. The second-order valence-electron chi connectivity index (χ2n) is 2.99. The van der Waals surface area contributed by atoms with Gasteiger partial charge in [0.25, 0.3) is 0 Å². The van der Waals surface area contributed by atoms with Crippen LogP contribution in [0.3, 0.4) is 0 Å². The van der Waals surface area contributed by atoms with Gasteiger partial charge in [0.05, 0.1) is 11.9 Å². The summed E-state index contributed by atoms with van der Waals surface area (Å²) in [5.74, 6) is -0.310. The topological polar surface area (TPSA) is 50.9 Å². The molecule has 0 saturated heterocycles. The Hall–Kier alpha value is -1.00. The highest BCUT2D eigenvalue weighted by atomic mass is 19.1. The molecule has 1 heterocycles. The van der Waals surface area contributed by atoms with E-state index in [4.69, 9.17) is 5.73 Å². The summed E-state index contributed by atoms with van der Waals surface area (Å²) in [6, 6.07) is 3.31. The van der Waals surface area contributed by atoms with Gasteiger partial charge < -0.3 is 11.1 Å². The first-order chi connectivity index (χ1) is 6.22. The molecule has 0 amide bonds. The van der Waals surface area contributed by atoms with E-state index in [1.807, 2.05) is 6.92 Å². The van der Waals surface area contributed by atoms with Gasteiger partial charge in [-0.2, -0.15) is 0 Å². The molecule has 1 aromatic heterocycles. The lowest BCUT2D eigenvalue weighted by atomic mass is 10.3. The minimum Gasteiger partial charge on any atom is -0.329 e. The Morgan fingerprint density at radius 2 is 2.38 bits per heavy atom. The van der Waals surface area contributed by atoms with E-state index in [0.717, 1.165) is 5.69 Å². The largest absolute Gasteiger partial charge is 0.329 e. The number of halogens is 1. The summed E-state index contributed by atoms with van der Waals surface area (Å²) < 4.78 is 12.4. The average Bonchev–Trinajstić information content (AvgIpc) is 2.16. The Morgan fingerprint density at radius 1 is 1.62 bits per heavy atom. The molecule has 4 heteroatoms. The van der Waals surface area contributed by atoms with Crippen molar-refractivity contribution in [2.24, 2.45) is 5.73 Å². The summed E-state index contributed by atoms with van der Waals surface area (Å²) in [5, 5.41) is 3.16. The number of aromatic nitrogens is 1. The van der Waals surface area contributed by atoms with Crippen LogP contribution in [0.4, 0.5) is 4.39 Å². The first kappa shape index (κ1) is 10.1. The van der Waals surface area contributed by atoms with Crippen molar-refractivity contribution in [3.63, 3.8) is 0 Å². The third-order valence-corrected chi connectivity index (χ3v) is 1.77. The van der Waals surface area contributed by atoms with E-state index < -0.39 is 0 Å². The molecule has 3 nitrogen and oxygen atoms in total. The Morgan fingerprint density at radius 3 is 2.92 bits per heavy atom. The van der Waals surface area contributed by atoms with E-state index >= 15 is 0 Å². The fourth-order valence-electron chi connectivity index (χ4n) is 0.873. The van der Waals surface area contributed by atoms with Crippen molar-refractivity contribution in [1.82, 2.24) is 10.3 Å². The van der Waals surface area contributed by atoms with Gasteiger partial charge in [-0.3, -0.25) is 4.98 Å². The number of pyridine rings is 1. The molecule has 0 aromatic carbocycles. The van der Waals surface area contributed by atoms with Gasteiger partial charge >= 0.3 is 0 Å². The van der Waals surface area contributed by atoms with Crippen LogP contribution in [0.1, 0.15) is 12.6 Å². The molecular formula is C9H14FN3. The zero-order chi connectivity index (χ0) is 9.68. The summed E-state index contributed by atoms with van der Waals surface area (Å²) in [4.78, 5) is 3.91. The van der Waals surface area contributed by atoms with Gasteiger partial charge in [0.1, 0.15) is 5.82 Å². The Bertz CT molecular complexity index is 248. The number of rotatable bonds is 4. The minimum absolute atomic E-state index is 0.256. The van der Waals surface area contributed by atoms with Crippen LogP contribution in [-0.2, 0) is 6.54 Å².